The Hall–Kier alpha value is -6.38. The zero-order valence-corrected chi connectivity index (χ0v) is 31.7. The van der Waals surface area contributed by atoms with Gasteiger partial charge in [0.2, 0.25) is 0 Å². The topological polar surface area (TPSA) is 75.6 Å². The van der Waals surface area contributed by atoms with Gasteiger partial charge in [0, 0.05) is 33.0 Å². The Morgan fingerprint density at radius 1 is 0.554 bits per heavy atom. The molecule has 2 unspecified atom stereocenters. The number of hydrogen-bond donors (Lipinski definition) is 0. The number of fused-ring (bicyclic) bond motifs is 5. The molecule has 5 heteroatoms. The van der Waals surface area contributed by atoms with Gasteiger partial charge in [0.25, 0.3) is 0 Å². The minimum absolute atomic E-state index is 0.148. The Kier molecular flexibility index (Phi) is 8.37. The number of benzene rings is 6. The zero-order chi connectivity index (χ0) is 37.8. The second-order valence-corrected chi connectivity index (χ2v) is 16.5. The molecule has 272 valence electrons. The minimum atomic E-state index is 0.148. The van der Waals surface area contributed by atoms with Gasteiger partial charge in [-0.25, -0.2) is 15.0 Å². The SMILES string of the molecule is C[C@@H]1CC2C[C@H](C)CC(c3cc(C#N)cc(-c4ccc(-c5nc(-c6ccccc6)nc(-c6ccc(-c7cccc8c7oc7ccccc78)cc6)n5)cc4)c3)(C2)C1. The molecule has 56 heavy (non-hydrogen) atoms. The number of rotatable bonds is 6. The quantitative estimate of drug-likeness (QED) is 0.170. The summed E-state index contributed by atoms with van der Waals surface area (Å²) in [5, 5.41) is 12.4. The van der Waals surface area contributed by atoms with Crippen molar-refractivity contribution in [1.29, 1.82) is 5.26 Å². The van der Waals surface area contributed by atoms with Crippen molar-refractivity contribution < 1.29 is 4.42 Å². The number of nitriles is 1. The highest BCUT2D eigenvalue weighted by atomic mass is 16.3. The first-order chi connectivity index (χ1) is 27.4. The van der Waals surface area contributed by atoms with Crippen LogP contribution in [0.2, 0.25) is 0 Å². The second kappa shape index (κ2) is 13.7. The fraction of sp³-hybridized carbons (Fsp3) is 0.216. The number of nitrogens with zero attached hydrogens (tertiary/aromatic N) is 4. The van der Waals surface area contributed by atoms with Crippen molar-refractivity contribution in [3.8, 4) is 62.5 Å². The van der Waals surface area contributed by atoms with E-state index in [1.54, 1.807) is 0 Å². The standard InChI is InChI=1S/C51H42N4O/c1-32-23-34-24-33(2)29-51(28-32,30-34)42-26-35(31-52)25-41(27-42)36-15-19-39(20-16-36)49-53-48(38-9-4-3-5-10-38)54-50(55-49)40-21-17-37(18-22-40)43-12-8-13-45-44-11-6-7-14-46(44)56-47(43)45/h3-22,25-27,32-34H,23-24,28-30H2,1-2H3/t32-,33+,34?,51?. The summed E-state index contributed by atoms with van der Waals surface area (Å²) in [7, 11) is 0. The van der Waals surface area contributed by atoms with E-state index in [1.165, 1.54) is 37.7 Å². The largest absolute Gasteiger partial charge is 0.455 e. The third-order valence-electron chi connectivity index (χ3n) is 12.3. The lowest BCUT2D eigenvalue weighted by molar-refractivity contribution is 0.0780. The molecule has 4 atom stereocenters. The van der Waals surface area contributed by atoms with E-state index in [0.717, 1.165) is 72.4 Å². The van der Waals surface area contributed by atoms with Crippen molar-refractivity contribution in [2.24, 2.45) is 17.8 Å². The van der Waals surface area contributed by atoms with Gasteiger partial charge in [-0.2, -0.15) is 5.26 Å². The van der Waals surface area contributed by atoms with Gasteiger partial charge in [-0.05, 0) is 95.7 Å². The number of hydrogen-bond acceptors (Lipinski definition) is 5. The lowest BCUT2D eigenvalue weighted by atomic mass is 9.54. The Balaban J connectivity index is 1.00. The molecule has 2 aliphatic carbocycles. The van der Waals surface area contributed by atoms with Crippen LogP contribution in [-0.4, -0.2) is 15.0 Å². The number of aromatic nitrogens is 3. The Morgan fingerprint density at radius 2 is 1.12 bits per heavy atom. The van der Waals surface area contributed by atoms with Crippen molar-refractivity contribution in [1.82, 2.24) is 15.0 Å². The normalized spacial score (nSPS) is 20.6. The van der Waals surface area contributed by atoms with Crippen molar-refractivity contribution in [2.45, 2.75) is 51.4 Å². The van der Waals surface area contributed by atoms with Crippen LogP contribution in [0.25, 0.3) is 78.4 Å². The molecule has 8 aromatic rings. The first-order valence-corrected chi connectivity index (χ1v) is 19.9. The van der Waals surface area contributed by atoms with Crippen LogP contribution >= 0.6 is 0 Å². The van der Waals surface area contributed by atoms with E-state index in [2.05, 4.69) is 105 Å². The van der Waals surface area contributed by atoms with Crippen LogP contribution in [0, 0.1) is 29.1 Å². The summed E-state index contributed by atoms with van der Waals surface area (Å²) in [6, 6.07) is 50.5. The van der Waals surface area contributed by atoms with Gasteiger partial charge in [-0.3, -0.25) is 0 Å². The average molecular weight is 727 g/mol. The third-order valence-corrected chi connectivity index (χ3v) is 12.3. The van der Waals surface area contributed by atoms with Crippen molar-refractivity contribution in [3.63, 3.8) is 0 Å². The maximum Gasteiger partial charge on any atom is 0.164 e. The minimum Gasteiger partial charge on any atom is -0.455 e. The molecule has 0 saturated heterocycles. The molecule has 5 nitrogen and oxygen atoms in total. The van der Waals surface area contributed by atoms with Crippen LogP contribution in [0.1, 0.15) is 57.1 Å². The van der Waals surface area contributed by atoms with Crippen molar-refractivity contribution in [3.05, 3.63) is 151 Å². The molecule has 0 radical (unpaired) electrons. The van der Waals surface area contributed by atoms with Crippen LogP contribution in [-0.2, 0) is 5.41 Å². The number of furan rings is 1. The van der Waals surface area contributed by atoms with Crippen LogP contribution in [0.5, 0.6) is 0 Å². The monoisotopic (exact) mass is 726 g/mol. The molecule has 0 spiro atoms. The smallest absolute Gasteiger partial charge is 0.164 e. The molecule has 2 fully saturated rings. The lowest BCUT2D eigenvalue weighted by Crippen LogP contribution is -2.42. The van der Waals surface area contributed by atoms with E-state index in [0.29, 0.717) is 29.3 Å². The molecule has 2 heterocycles. The summed E-state index contributed by atoms with van der Waals surface area (Å²) < 4.78 is 6.34. The van der Waals surface area contributed by atoms with Crippen molar-refractivity contribution >= 4 is 21.9 Å². The fourth-order valence-electron chi connectivity index (χ4n) is 10.2. The molecule has 0 N–H and O–H groups in total. The highest BCUT2D eigenvalue weighted by Gasteiger charge is 2.45. The maximum atomic E-state index is 10.2. The lowest BCUT2D eigenvalue weighted by Gasteiger charge is -2.50. The van der Waals surface area contributed by atoms with E-state index in [1.807, 2.05) is 54.6 Å². The van der Waals surface area contributed by atoms with Gasteiger partial charge in [-0.1, -0.05) is 135 Å². The number of para-hydroxylation sites is 2. The van der Waals surface area contributed by atoms with Crippen molar-refractivity contribution in [2.75, 3.05) is 0 Å². The predicted octanol–water partition coefficient (Wildman–Crippen LogP) is 13.1. The molecular formula is C51H42N4O. The van der Waals surface area contributed by atoms with E-state index >= 15 is 0 Å². The first kappa shape index (κ1) is 34.1. The van der Waals surface area contributed by atoms with Gasteiger partial charge in [0.05, 0.1) is 11.6 Å². The zero-order valence-electron chi connectivity index (χ0n) is 31.7. The molecule has 2 bridgehead atoms. The molecule has 10 rings (SSSR count). The maximum absolute atomic E-state index is 10.2. The van der Waals surface area contributed by atoms with Gasteiger partial charge in [0.1, 0.15) is 11.2 Å². The Labute approximate surface area is 327 Å². The summed E-state index contributed by atoms with van der Waals surface area (Å²) in [5.41, 5.74) is 11.0. The van der Waals surface area contributed by atoms with Gasteiger partial charge < -0.3 is 4.42 Å². The molecular weight excluding hydrogens is 685 g/mol. The van der Waals surface area contributed by atoms with Gasteiger partial charge >= 0.3 is 0 Å². The summed E-state index contributed by atoms with van der Waals surface area (Å²) in [5.74, 6) is 4.03. The van der Waals surface area contributed by atoms with Gasteiger partial charge in [-0.15, -0.1) is 0 Å². The first-order valence-electron chi connectivity index (χ1n) is 19.9. The Morgan fingerprint density at radius 3 is 1.79 bits per heavy atom. The molecule has 2 saturated carbocycles. The van der Waals surface area contributed by atoms with Crippen LogP contribution in [0.3, 0.4) is 0 Å². The molecule has 0 aliphatic heterocycles. The Bertz CT molecular complexity index is 2760. The van der Waals surface area contributed by atoms with Crippen LogP contribution in [0.4, 0.5) is 0 Å². The highest BCUT2D eigenvalue weighted by molar-refractivity contribution is 6.09. The van der Waals surface area contributed by atoms with Crippen LogP contribution < -0.4 is 0 Å². The molecule has 2 aromatic heterocycles. The highest BCUT2D eigenvalue weighted by Crippen LogP contribution is 2.54. The van der Waals surface area contributed by atoms with E-state index in [4.69, 9.17) is 19.4 Å². The van der Waals surface area contributed by atoms with Crippen LogP contribution in [0.15, 0.2) is 144 Å². The summed E-state index contributed by atoms with van der Waals surface area (Å²) >= 11 is 0. The predicted molar refractivity (Wildman–Crippen MR) is 226 cm³/mol. The summed E-state index contributed by atoms with van der Waals surface area (Å²) in [6.07, 6.45) is 6.30. The van der Waals surface area contributed by atoms with Gasteiger partial charge in [0.15, 0.2) is 17.5 Å². The summed E-state index contributed by atoms with van der Waals surface area (Å²) in [4.78, 5) is 15.0. The van der Waals surface area contributed by atoms with E-state index in [-0.39, 0.29) is 5.41 Å². The van der Waals surface area contributed by atoms with E-state index in [9.17, 15) is 5.26 Å². The molecule has 6 aromatic carbocycles. The molecule has 2 aliphatic rings. The van der Waals surface area contributed by atoms with E-state index < -0.39 is 0 Å². The third kappa shape index (κ3) is 6.16. The average Bonchev–Trinajstić information content (AvgIpc) is 3.62. The molecule has 0 amide bonds. The summed E-state index contributed by atoms with van der Waals surface area (Å²) in [6.45, 7) is 4.83. The fourth-order valence-corrected chi connectivity index (χ4v) is 10.2. The second-order valence-electron chi connectivity index (χ2n) is 16.5.